The third-order valence-electron chi connectivity index (χ3n) is 3.74. The Morgan fingerprint density at radius 1 is 1.16 bits per heavy atom. The van der Waals surface area contributed by atoms with Crippen LogP contribution in [0.25, 0.3) is 10.5 Å². The van der Waals surface area contributed by atoms with Gasteiger partial charge in [0.1, 0.15) is 0 Å². The van der Waals surface area contributed by atoms with Gasteiger partial charge in [-0.3, -0.25) is 0 Å². The predicted octanol–water partition coefficient (Wildman–Crippen LogP) is 3.79. The second-order valence-electron chi connectivity index (χ2n) is 5.67. The summed E-state index contributed by atoms with van der Waals surface area (Å²) < 4.78 is 51.8. The fraction of sp³-hybridized carbons (Fsp3) is 0.533. The quantitative estimate of drug-likeness (QED) is 0.457. The predicted molar refractivity (Wildman–Crippen MR) is 98.2 cm³/mol. The van der Waals surface area contributed by atoms with E-state index in [0.29, 0.717) is 12.8 Å². The minimum atomic E-state index is -3.81. The van der Waals surface area contributed by atoms with Gasteiger partial charge in [-0.15, -0.1) is 6.04 Å². The van der Waals surface area contributed by atoms with E-state index in [9.17, 15) is 16.8 Å². The zero-order chi connectivity index (χ0) is 18.4. The molecule has 1 aromatic carbocycles. The molecule has 25 heavy (non-hydrogen) atoms. The molecule has 0 radical (unpaired) electrons. The molecule has 2 atom stereocenters. The Kier molecular flexibility index (Phi) is 10.9. The molecule has 1 aromatic rings. The van der Waals surface area contributed by atoms with Crippen LogP contribution >= 0.6 is 9.69 Å². The number of nitrogens with zero attached hydrogens (tertiary/aromatic N) is 1. The van der Waals surface area contributed by atoms with Gasteiger partial charge in [0, 0.05) is 6.26 Å². The Morgan fingerprint density at radius 2 is 1.72 bits per heavy atom. The van der Waals surface area contributed by atoms with E-state index in [-0.39, 0.29) is 17.9 Å². The zero-order valence-corrected chi connectivity index (χ0v) is 18.3. The normalized spacial score (nSPS) is 20.8. The molecule has 144 valence electrons. The number of hydrogen-bond donors (Lipinski definition) is 0. The molecule has 0 heterocycles. The van der Waals surface area contributed by atoms with Crippen molar-refractivity contribution in [3.05, 3.63) is 47.7 Å². The molecule has 10 heteroatoms. The van der Waals surface area contributed by atoms with Gasteiger partial charge in [-0.05, 0) is 11.6 Å². The van der Waals surface area contributed by atoms with Crippen LogP contribution < -0.4 is 0 Å². The van der Waals surface area contributed by atoms with E-state index in [1.54, 1.807) is 12.1 Å². The van der Waals surface area contributed by atoms with Crippen molar-refractivity contribution in [2.45, 2.75) is 48.4 Å². The van der Waals surface area contributed by atoms with E-state index < -0.39 is 37.7 Å². The van der Waals surface area contributed by atoms with Crippen LogP contribution in [0.15, 0.2) is 29.2 Å². The van der Waals surface area contributed by atoms with E-state index >= 15 is 0 Å². The summed E-state index contributed by atoms with van der Waals surface area (Å²) in [7, 11) is -2.73. The van der Waals surface area contributed by atoms with E-state index in [1.165, 1.54) is 12.1 Å². The summed E-state index contributed by atoms with van der Waals surface area (Å²) in [5.74, 6) is -0.445. The summed E-state index contributed by atoms with van der Waals surface area (Å²) in [5, 5.41) is 0. The second-order valence-corrected chi connectivity index (χ2v) is 9.32. The molecule has 1 fully saturated rings. The van der Waals surface area contributed by atoms with Crippen LogP contribution in [0, 0.1) is 7.43 Å². The van der Waals surface area contributed by atoms with E-state index in [0.717, 1.165) is 19.1 Å². The van der Waals surface area contributed by atoms with Gasteiger partial charge in [-0.2, -0.15) is 6.04 Å². The summed E-state index contributed by atoms with van der Waals surface area (Å²) >= 11 is 1.82. The molecule has 1 N–H and O–H groups in total. The first kappa shape index (κ1) is 25.0. The molecule has 0 amide bonds. The van der Waals surface area contributed by atoms with Crippen molar-refractivity contribution in [1.29, 1.82) is 0 Å². The molecule has 0 aliphatic heterocycles. The number of benzene rings is 1. The second kappa shape index (κ2) is 10.9. The van der Waals surface area contributed by atoms with Gasteiger partial charge in [0.05, 0.1) is 20.7 Å². The van der Waals surface area contributed by atoms with Crippen LogP contribution in [-0.4, -0.2) is 35.2 Å². The monoisotopic (exact) mass is 496 g/mol. The molecule has 1 aliphatic carbocycles. The maximum absolute atomic E-state index is 12.2. The van der Waals surface area contributed by atoms with Crippen molar-refractivity contribution in [2.24, 2.45) is 0 Å². The van der Waals surface area contributed by atoms with E-state index in [2.05, 4.69) is 14.4 Å². The summed E-state index contributed by atoms with van der Waals surface area (Å²) in [4.78, 5) is 0.0137. The van der Waals surface area contributed by atoms with Gasteiger partial charge in [-0.25, -0.2) is 16.8 Å². The van der Waals surface area contributed by atoms with E-state index in [4.69, 9.17) is 5.73 Å². The van der Waals surface area contributed by atoms with Gasteiger partial charge in [-0.1, -0.05) is 43.9 Å². The van der Waals surface area contributed by atoms with Crippen LogP contribution in [0.3, 0.4) is 0 Å². The molecule has 2 unspecified atom stereocenters. The molecule has 0 spiro atoms. The molecule has 6 nitrogen and oxygen atoms in total. The fourth-order valence-electron chi connectivity index (χ4n) is 2.66. The van der Waals surface area contributed by atoms with Gasteiger partial charge >= 0.3 is 27.0 Å². The Bertz CT molecular complexity index is 742. The van der Waals surface area contributed by atoms with Crippen molar-refractivity contribution >= 4 is 29.6 Å². The molecule has 0 saturated heterocycles. The van der Waals surface area contributed by atoms with Gasteiger partial charge in [0.25, 0.3) is 0 Å². The Morgan fingerprint density at radius 3 is 2.28 bits per heavy atom. The summed E-state index contributed by atoms with van der Waals surface area (Å²) in [6.45, 7) is 0. The number of sulfone groups is 1. The number of hydrogen-bond acceptors (Lipinski definition) is 4. The number of sulfonamides is 1. The summed E-state index contributed by atoms with van der Waals surface area (Å²) in [6.07, 6.45) is 4.11. The van der Waals surface area contributed by atoms with Crippen LogP contribution in [0.4, 0.5) is 0 Å². The molecule has 2 rings (SSSR count). The topological polar surface area (TPSA) is 106 Å². The fourth-order valence-corrected chi connectivity index (χ4v) is 5.08. The number of rotatable bonds is 5. The number of nitrogens with one attached hydrogen (secondary N) is 1. The van der Waals surface area contributed by atoms with Crippen molar-refractivity contribution in [2.75, 3.05) is 6.26 Å². The average Bonchev–Trinajstić information content (AvgIpc) is 2.50. The molecule has 0 bridgehead atoms. The summed E-state index contributed by atoms with van der Waals surface area (Å²) in [6, 6.07) is 5.05. The first-order valence-corrected chi connectivity index (χ1v) is 13.0. The first-order valence-electron chi connectivity index (χ1n) is 7.26. The van der Waals surface area contributed by atoms with Gasteiger partial charge in [0.15, 0.2) is 9.84 Å². The molecule has 1 saturated carbocycles. The molecule has 1 aliphatic rings. The minimum absolute atomic E-state index is 0. The Labute approximate surface area is 165 Å². The third-order valence-corrected chi connectivity index (χ3v) is 6.20. The van der Waals surface area contributed by atoms with Crippen LogP contribution in [-0.2, 0) is 42.9 Å². The molecule has 0 aromatic heterocycles. The average molecular weight is 496 g/mol. The van der Waals surface area contributed by atoms with Crippen LogP contribution in [0.2, 0.25) is 0 Å². The maximum atomic E-state index is 12.2. The molecular formula is C15H23ClN2O4RuS2. The first-order chi connectivity index (χ1) is 11.2. The van der Waals surface area contributed by atoms with Crippen molar-refractivity contribution < 1.29 is 34.1 Å². The number of halogens is 1. The Hall–Kier alpha value is -0.0466. The van der Waals surface area contributed by atoms with Crippen molar-refractivity contribution in [3.63, 3.8) is 0 Å². The van der Waals surface area contributed by atoms with Crippen LogP contribution in [0.1, 0.15) is 31.2 Å². The third kappa shape index (κ3) is 8.01. The van der Waals surface area contributed by atoms with E-state index in [1.807, 2.05) is 17.3 Å². The van der Waals surface area contributed by atoms with Crippen molar-refractivity contribution in [3.8, 4) is 0 Å². The van der Waals surface area contributed by atoms with Gasteiger partial charge in [0.2, 0.25) is 0 Å². The summed E-state index contributed by atoms with van der Waals surface area (Å²) in [5.41, 5.74) is 8.10. The standard InChI is InChI=1S/C14H20N2O4S2.CH3.ClH.Ru/c1-21(17,18)14-9-5-2-6-11(14)10-22(19,20)16-13-8-4-3-7-12(13)15;;;/h2,5-6,9,12-13,15H,3-4,7-8,10H2,1H3;1H3;1H;/q-2;-1;;+4/p-1. The SMILES string of the molecule is CS(=O)(=O)c1ccccc1CS(=O)(=O)[N-]C1CCCCC1[NH-].[CH3-].[Cl][Ru+3]. The molecular weight excluding hydrogens is 473 g/mol. The Balaban J connectivity index is 0.00000185. The zero-order valence-electron chi connectivity index (χ0n) is 14.1. The van der Waals surface area contributed by atoms with Crippen LogP contribution in [0.5, 0.6) is 0 Å². The van der Waals surface area contributed by atoms with Gasteiger partial charge < -0.3 is 17.9 Å². The van der Waals surface area contributed by atoms with Crippen molar-refractivity contribution in [1.82, 2.24) is 0 Å².